The molecule has 0 spiro atoms. The molecule has 0 heterocycles. The summed E-state index contributed by atoms with van der Waals surface area (Å²) in [6.07, 6.45) is 1.71. The lowest BCUT2D eigenvalue weighted by atomic mass is 10.3. The van der Waals surface area contributed by atoms with Crippen molar-refractivity contribution >= 4 is 11.8 Å². The van der Waals surface area contributed by atoms with Gasteiger partial charge in [-0.2, -0.15) is 0 Å². The van der Waals surface area contributed by atoms with Crippen LogP contribution in [0.5, 0.6) is 0 Å². The molecule has 0 N–H and O–H groups in total. The largest absolute Gasteiger partial charge is 0.463 e. The van der Waals surface area contributed by atoms with E-state index in [0.717, 1.165) is 12.8 Å². The zero-order valence-corrected chi connectivity index (χ0v) is 5.22. The quantitative estimate of drug-likeness (QED) is 0.392. The summed E-state index contributed by atoms with van der Waals surface area (Å²) in [4.78, 5) is 21.1. The third-order valence-electron chi connectivity index (χ3n) is 1.33. The van der Waals surface area contributed by atoms with Gasteiger partial charge in [0.1, 0.15) is 0 Å². The number of hydrogen-bond donors (Lipinski definition) is 0. The molecule has 0 amide bonds. The predicted octanol–water partition coefficient (Wildman–Crippen LogP) is 0.138. The third kappa shape index (κ3) is 1.28. The molecule has 1 saturated carbocycles. The number of carbonyl (C=O) groups excluding carboxylic acids is 2. The zero-order chi connectivity index (χ0) is 6.85. The van der Waals surface area contributed by atoms with Crippen LogP contribution in [0.25, 0.3) is 0 Å². The Kier molecular flexibility index (Phi) is 1.51. The molecule has 0 aromatic rings. The van der Waals surface area contributed by atoms with Crippen LogP contribution in [0.15, 0.2) is 0 Å². The van der Waals surface area contributed by atoms with Crippen molar-refractivity contribution in [3.05, 3.63) is 0 Å². The average molecular weight is 128 g/mol. The van der Waals surface area contributed by atoms with Gasteiger partial charge in [-0.3, -0.25) is 4.79 Å². The Bertz CT molecular complexity index is 146. The van der Waals surface area contributed by atoms with E-state index in [2.05, 4.69) is 4.74 Å². The maximum absolute atomic E-state index is 10.7. The molecule has 0 unspecified atom stereocenters. The van der Waals surface area contributed by atoms with Crippen molar-refractivity contribution < 1.29 is 14.3 Å². The lowest BCUT2D eigenvalue weighted by Crippen LogP contribution is -2.16. The van der Waals surface area contributed by atoms with Crippen molar-refractivity contribution in [3.8, 4) is 0 Å². The second-order valence-electron chi connectivity index (χ2n) is 2.13. The summed E-state index contributed by atoms with van der Waals surface area (Å²) in [5, 5.41) is 0. The molecule has 9 heavy (non-hydrogen) atoms. The molecule has 50 valence electrons. The molecule has 3 heteroatoms. The van der Waals surface area contributed by atoms with Gasteiger partial charge < -0.3 is 4.74 Å². The molecule has 0 saturated heterocycles. The number of carbonyl (C=O) groups is 2. The van der Waals surface area contributed by atoms with E-state index in [-0.39, 0.29) is 11.7 Å². The Labute approximate surface area is 53.0 Å². The summed E-state index contributed by atoms with van der Waals surface area (Å²) in [5.74, 6) is -1.08. The smallest absolute Gasteiger partial charge is 0.374 e. The molecule has 0 atom stereocenters. The average Bonchev–Trinajstić information content (AvgIpc) is 2.66. The molecule has 0 bridgehead atoms. The first-order valence-electron chi connectivity index (χ1n) is 2.88. The number of rotatable bonds is 2. The SMILES string of the molecule is COC(=O)C(=O)C1CC1. The van der Waals surface area contributed by atoms with Crippen LogP contribution in [0.3, 0.4) is 0 Å². The van der Waals surface area contributed by atoms with Crippen LogP contribution >= 0.6 is 0 Å². The summed E-state index contributed by atoms with van der Waals surface area (Å²) in [7, 11) is 1.22. The molecule has 0 radical (unpaired) electrons. The van der Waals surface area contributed by atoms with Gasteiger partial charge in [0.05, 0.1) is 7.11 Å². The summed E-state index contributed by atoms with van der Waals surface area (Å²) < 4.78 is 4.22. The van der Waals surface area contributed by atoms with Crippen molar-refractivity contribution in [1.29, 1.82) is 0 Å². The van der Waals surface area contributed by atoms with Gasteiger partial charge in [0, 0.05) is 5.92 Å². The maximum Gasteiger partial charge on any atom is 0.374 e. The maximum atomic E-state index is 10.7. The summed E-state index contributed by atoms with van der Waals surface area (Å²) in [5.41, 5.74) is 0. The minimum absolute atomic E-state index is 0.0163. The van der Waals surface area contributed by atoms with Gasteiger partial charge in [0.2, 0.25) is 5.78 Å². The first-order valence-corrected chi connectivity index (χ1v) is 2.88. The van der Waals surface area contributed by atoms with Crippen molar-refractivity contribution in [2.45, 2.75) is 12.8 Å². The highest BCUT2D eigenvalue weighted by Crippen LogP contribution is 2.29. The van der Waals surface area contributed by atoms with Crippen molar-refractivity contribution in [3.63, 3.8) is 0 Å². The lowest BCUT2D eigenvalue weighted by molar-refractivity contribution is -0.152. The number of ketones is 1. The molecule has 1 aliphatic rings. The van der Waals surface area contributed by atoms with Crippen molar-refractivity contribution in [1.82, 2.24) is 0 Å². The van der Waals surface area contributed by atoms with Crippen LogP contribution in [-0.2, 0) is 14.3 Å². The van der Waals surface area contributed by atoms with Gasteiger partial charge in [0.15, 0.2) is 0 Å². The number of esters is 1. The Morgan fingerprint density at radius 1 is 1.44 bits per heavy atom. The van der Waals surface area contributed by atoms with Crippen LogP contribution in [0, 0.1) is 5.92 Å². The molecule has 0 aromatic carbocycles. The third-order valence-corrected chi connectivity index (χ3v) is 1.33. The van der Waals surface area contributed by atoms with E-state index in [0.29, 0.717) is 0 Å². The molecule has 0 aliphatic heterocycles. The van der Waals surface area contributed by atoms with Crippen molar-refractivity contribution in [2.75, 3.05) is 7.11 Å². The topological polar surface area (TPSA) is 43.4 Å². The Morgan fingerprint density at radius 3 is 2.33 bits per heavy atom. The predicted molar refractivity (Wildman–Crippen MR) is 29.7 cm³/mol. The minimum Gasteiger partial charge on any atom is -0.463 e. The first kappa shape index (κ1) is 6.26. The van der Waals surface area contributed by atoms with Crippen molar-refractivity contribution in [2.24, 2.45) is 5.92 Å². The second-order valence-corrected chi connectivity index (χ2v) is 2.13. The van der Waals surface area contributed by atoms with Crippen LogP contribution in [0.1, 0.15) is 12.8 Å². The zero-order valence-electron chi connectivity index (χ0n) is 5.22. The minimum atomic E-state index is -0.697. The molecule has 3 nitrogen and oxygen atoms in total. The highest BCUT2D eigenvalue weighted by Gasteiger charge is 2.34. The normalized spacial score (nSPS) is 17.0. The van der Waals surface area contributed by atoms with E-state index in [9.17, 15) is 9.59 Å². The summed E-state index contributed by atoms with van der Waals surface area (Å²) in [6, 6.07) is 0. The molecule has 0 aromatic heterocycles. The summed E-state index contributed by atoms with van der Waals surface area (Å²) >= 11 is 0. The fraction of sp³-hybridized carbons (Fsp3) is 0.667. The fourth-order valence-corrected chi connectivity index (χ4v) is 0.613. The first-order chi connectivity index (χ1) is 4.25. The number of ether oxygens (including phenoxy) is 1. The van der Waals surface area contributed by atoms with Crippen LogP contribution < -0.4 is 0 Å². The Morgan fingerprint density at radius 2 is 2.00 bits per heavy atom. The van der Waals surface area contributed by atoms with Gasteiger partial charge in [0.25, 0.3) is 0 Å². The summed E-state index contributed by atoms with van der Waals surface area (Å²) in [6.45, 7) is 0. The molecular weight excluding hydrogens is 120 g/mol. The van der Waals surface area contributed by atoms with E-state index in [1.807, 2.05) is 0 Å². The number of Topliss-reactive ketones (excluding diaryl/α,β-unsaturated/α-hetero) is 1. The molecular formula is C6H8O3. The number of hydrogen-bond acceptors (Lipinski definition) is 3. The Balaban J connectivity index is 2.40. The lowest BCUT2D eigenvalue weighted by Gasteiger charge is -1.92. The van der Waals surface area contributed by atoms with E-state index in [1.54, 1.807) is 0 Å². The second kappa shape index (κ2) is 2.17. The van der Waals surface area contributed by atoms with E-state index < -0.39 is 5.97 Å². The van der Waals surface area contributed by atoms with Gasteiger partial charge in [-0.25, -0.2) is 4.79 Å². The van der Waals surface area contributed by atoms with Gasteiger partial charge >= 0.3 is 5.97 Å². The molecule has 1 aliphatic carbocycles. The van der Waals surface area contributed by atoms with Crippen LogP contribution in [0.4, 0.5) is 0 Å². The standard InChI is InChI=1S/C6H8O3/c1-9-6(8)5(7)4-2-3-4/h4H,2-3H2,1H3. The van der Waals surface area contributed by atoms with Gasteiger partial charge in [-0.15, -0.1) is 0 Å². The highest BCUT2D eigenvalue weighted by molar-refractivity contribution is 6.35. The monoisotopic (exact) mass is 128 g/mol. The molecule has 1 fully saturated rings. The van der Waals surface area contributed by atoms with E-state index in [4.69, 9.17) is 0 Å². The van der Waals surface area contributed by atoms with Gasteiger partial charge in [-0.05, 0) is 12.8 Å². The molecule has 1 rings (SSSR count). The van der Waals surface area contributed by atoms with Crippen LogP contribution in [-0.4, -0.2) is 18.9 Å². The highest BCUT2D eigenvalue weighted by atomic mass is 16.5. The van der Waals surface area contributed by atoms with Gasteiger partial charge in [-0.1, -0.05) is 0 Å². The Hall–Kier alpha value is -0.860. The van der Waals surface area contributed by atoms with E-state index in [1.165, 1.54) is 7.11 Å². The fourth-order valence-electron chi connectivity index (χ4n) is 0.613. The van der Waals surface area contributed by atoms with Crippen LogP contribution in [0.2, 0.25) is 0 Å². The van der Waals surface area contributed by atoms with E-state index >= 15 is 0 Å². The number of methoxy groups -OCH3 is 1.